The first-order valence-corrected chi connectivity index (χ1v) is 7.69. The molecule has 0 saturated heterocycles. The third-order valence-corrected chi connectivity index (χ3v) is 4.18. The molecule has 0 aliphatic rings. The number of nitrogens with one attached hydrogen (secondary N) is 1. The molecule has 2 heterocycles. The van der Waals surface area contributed by atoms with Gasteiger partial charge in [0.2, 0.25) is 0 Å². The zero-order chi connectivity index (χ0) is 13.7. The Kier molecular flexibility index (Phi) is 5.10. The molecule has 104 valence electrons. The molecule has 0 spiro atoms. The van der Waals surface area contributed by atoms with E-state index in [1.807, 2.05) is 20.2 Å². The van der Waals surface area contributed by atoms with Crippen molar-refractivity contribution in [3.8, 4) is 0 Å². The average Bonchev–Trinajstić information content (AvgIpc) is 2.99. The fourth-order valence-corrected chi connectivity index (χ4v) is 3.03. The molecule has 5 heteroatoms. The van der Waals surface area contributed by atoms with Gasteiger partial charge >= 0.3 is 0 Å². The first kappa shape index (κ1) is 14.2. The van der Waals surface area contributed by atoms with Gasteiger partial charge in [0.05, 0.1) is 5.01 Å². The Balaban J connectivity index is 2.00. The lowest BCUT2D eigenvalue weighted by Gasteiger charge is -2.15. The largest absolute Gasteiger partial charge is 0.335 e. The Morgan fingerprint density at radius 2 is 2.26 bits per heavy atom. The quantitative estimate of drug-likeness (QED) is 0.846. The van der Waals surface area contributed by atoms with Crippen LogP contribution in [-0.2, 0) is 19.4 Å². The number of imidazole rings is 1. The molecule has 1 N–H and O–H groups in total. The van der Waals surface area contributed by atoms with Crippen LogP contribution in [0.15, 0.2) is 17.8 Å². The molecule has 2 aromatic heterocycles. The molecule has 0 amide bonds. The van der Waals surface area contributed by atoms with Crippen LogP contribution in [0.25, 0.3) is 0 Å². The van der Waals surface area contributed by atoms with E-state index in [2.05, 4.69) is 38.4 Å². The minimum Gasteiger partial charge on any atom is -0.335 e. The summed E-state index contributed by atoms with van der Waals surface area (Å²) in [6.07, 6.45) is 7.01. The highest BCUT2D eigenvalue weighted by molar-refractivity contribution is 7.09. The maximum Gasteiger partial charge on any atom is 0.110 e. The van der Waals surface area contributed by atoms with Gasteiger partial charge < -0.3 is 9.88 Å². The van der Waals surface area contributed by atoms with Gasteiger partial charge in [-0.25, -0.2) is 9.97 Å². The Labute approximate surface area is 118 Å². The average molecular weight is 278 g/mol. The van der Waals surface area contributed by atoms with Gasteiger partial charge in [-0.1, -0.05) is 6.92 Å². The van der Waals surface area contributed by atoms with Crippen molar-refractivity contribution in [1.29, 1.82) is 0 Å². The molecule has 19 heavy (non-hydrogen) atoms. The van der Waals surface area contributed by atoms with Crippen LogP contribution in [0.5, 0.6) is 0 Å². The maximum atomic E-state index is 4.54. The fourth-order valence-electron chi connectivity index (χ4n) is 2.18. The van der Waals surface area contributed by atoms with Crippen molar-refractivity contribution in [2.45, 2.75) is 45.7 Å². The lowest BCUT2D eigenvalue weighted by atomic mass is 10.1. The molecule has 0 radical (unpaired) electrons. The monoisotopic (exact) mass is 278 g/mol. The molecule has 0 aliphatic carbocycles. The SMILES string of the molecule is CCCn1ccnc1CC(Cc1nc(C)cs1)NC. The Morgan fingerprint density at radius 1 is 1.42 bits per heavy atom. The molecule has 2 rings (SSSR count). The lowest BCUT2D eigenvalue weighted by molar-refractivity contribution is 0.519. The summed E-state index contributed by atoms with van der Waals surface area (Å²) in [6.45, 7) is 5.28. The first-order chi connectivity index (χ1) is 9.22. The Bertz CT molecular complexity index is 503. The normalized spacial score (nSPS) is 12.8. The third-order valence-electron chi connectivity index (χ3n) is 3.19. The van der Waals surface area contributed by atoms with Crippen LogP contribution < -0.4 is 5.32 Å². The van der Waals surface area contributed by atoms with Crippen molar-refractivity contribution in [2.75, 3.05) is 7.05 Å². The number of nitrogens with zero attached hydrogens (tertiary/aromatic N) is 3. The van der Waals surface area contributed by atoms with Crippen LogP contribution in [-0.4, -0.2) is 27.6 Å². The number of aryl methyl sites for hydroxylation is 2. The summed E-state index contributed by atoms with van der Waals surface area (Å²) in [6, 6.07) is 0.392. The number of aromatic nitrogens is 3. The van der Waals surface area contributed by atoms with Gasteiger partial charge in [0.25, 0.3) is 0 Å². The van der Waals surface area contributed by atoms with Crippen molar-refractivity contribution >= 4 is 11.3 Å². The predicted molar refractivity (Wildman–Crippen MR) is 79.6 cm³/mol. The molecule has 2 aromatic rings. The molecule has 0 saturated carbocycles. The van der Waals surface area contributed by atoms with Gasteiger partial charge in [-0.3, -0.25) is 0 Å². The fraction of sp³-hybridized carbons (Fsp3) is 0.571. The van der Waals surface area contributed by atoms with Gasteiger partial charge in [0.15, 0.2) is 0 Å². The Hall–Kier alpha value is -1.20. The second-order valence-corrected chi connectivity index (χ2v) is 5.76. The molecule has 0 aromatic carbocycles. The van der Waals surface area contributed by atoms with Crippen LogP contribution in [0.3, 0.4) is 0 Å². The highest BCUT2D eigenvalue weighted by atomic mass is 32.1. The van der Waals surface area contributed by atoms with Gasteiger partial charge in [0, 0.05) is 48.9 Å². The van der Waals surface area contributed by atoms with Crippen LogP contribution >= 0.6 is 11.3 Å². The van der Waals surface area contributed by atoms with E-state index in [-0.39, 0.29) is 0 Å². The number of rotatable bonds is 7. The molecule has 0 aliphatic heterocycles. The van der Waals surface area contributed by atoms with Crippen molar-refractivity contribution in [3.05, 3.63) is 34.3 Å². The van der Waals surface area contributed by atoms with Gasteiger partial charge in [0.1, 0.15) is 5.82 Å². The van der Waals surface area contributed by atoms with E-state index in [9.17, 15) is 0 Å². The first-order valence-electron chi connectivity index (χ1n) is 6.81. The summed E-state index contributed by atoms with van der Waals surface area (Å²) in [4.78, 5) is 9.01. The highest BCUT2D eigenvalue weighted by Crippen LogP contribution is 2.13. The summed E-state index contributed by atoms with van der Waals surface area (Å²) < 4.78 is 2.25. The molecule has 1 unspecified atom stereocenters. The minimum absolute atomic E-state index is 0.392. The number of thiazole rings is 1. The van der Waals surface area contributed by atoms with Gasteiger partial charge in [-0.15, -0.1) is 11.3 Å². The van der Waals surface area contributed by atoms with Crippen molar-refractivity contribution in [1.82, 2.24) is 19.9 Å². The van der Waals surface area contributed by atoms with Gasteiger partial charge in [-0.05, 0) is 20.4 Å². The topological polar surface area (TPSA) is 42.7 Å². The number of hydrogen-bond donors (Lipinski definition) is 1. The summed E-state index contributed by atoms with van der Waals surface area (Å²) in [7, 11) is 2.01. The van der Waals surface area contributed by atoms with Crippen molar-refractivity contribution in [3.63, 3.8) is 0 Å². The summed E-state index contributed by atoms with van der Waals surface area (Å²) >= 11 is 1.74. The lowest BCUT2D eigenvalue weighted by Crippen LogP contribution is -2.31. The zero-order valence-corrected chi connectivity index (χ0v) is 12.7. The van der Waals surface area contributed by atoms with Gasteiger partial charge in [-0.2, -0.15) is 0 Å². The van der Waals surface area contributed by atoms with E-state index in [0.717, 1.165) is 37.3 Å². The van der Waals surface area contributed by atoms with E-state index >= 15 is 0 Å². The highest BCUT2D eigenvalue weighted by Gasteiger charge is 2.13. The molecule has 0 bridgehead atoms. The third kappa shape index (κ3) is 3.88. The van der Waals surface area contributed by atoms with E-state index in [1.54, 1.807) is 11.3 Å². The second kappa shape index (κ2) is 6.82. The molecule has 1 atom stereocenters. The smallest absolute Gasteiger partial charge is 0.110 e. The molecular formula is C14H22N4S. The standard InChI is InChI=1S/C14H22N4S/c1-4-6-18-7-5-16-13(18)8-12(15-3)9-14-17-11(2)10-19-14/h5,7,10,12,15H,4,6,8-9H2,1-3H3. The van der Waals surface area contributed by atoms with Crippen LogP contribution in [0.1, 0.15) is 29.9 Å². The molecular weight excluding hydrogens is 256 g/mol. The maximum absolute atomic E-state index is 4.54. The summed E-state index contributed by atoms with van der Waals surface area (Å²) in [5.41, 5.74) is 1.11. The molecule has 0 fully saturated rings. The van der Waals surface area contributed by atoms with Crippen LogP contribution in [0, 0.1) is 6.92 Å². The molecule has 4 nitrogen and oxygen atoms in total. The number of likely N-dealkylation sites (N-methyl/N-ethyl adjacent to an activating group) is 1. The summed E-state index contributed by atoms with van der Waals surface area (Å²) in [5.74, 6) is 1.16. The minimum atomic E-state index is 0.392. The predicted octanol–water partition coefficient (Wildman–Crippen LogP) is 2.43. The zero-order valence-electron chi connectivity index (χ0n) is 11.9. The van der Waals surface area contributed by atoms with Crippen molar-refractivity contribution < 1.29 is 0 Å². The summed E-state index contributed by atoms with van der Waals surface area (Å²) in [5, 5.41) is 6.69. The van der Waals surface area contributed by atoms with E-state index in [0.29, 0.717) is 6.04 Å². The van der Waals surface area contributed by atoms with Crippen LogP contribution in [0.4, 0.5) is 0 Å². The van der Waals surface area contributed by atoms with Crippen molar-refractivity contribution in [2.24, 2.45) is 0 Å². The second-order valence-electron chi connectivity index (χ2n) is 4.81. The Morgan fingerprint density at radius 3 is 2.89 bits per heavy atom. The number of hydrogen-bond acceptors (Lipinski definition) is 4. The van der Waals surface area contributed by atoms with Crippen LogP contribution in [0.2, 0.25) is 0 Å². The van der Waals surface area contributed by atoms with E-state index in [1.165, 1.54) is 5.01 Å². The van der Waals surface area contributed by atoms with E-state index in [4.69, 9.17) is 0 Å². The van der Waals surface area contributed by atoms with E-state index < -0.39 is 0 Å².